The van der Waals surface area contributed by atoms with E-state index in [1.807, 2.05) is 13.0 Å². The van der Waals surface area contributed by atoms with E-state index in [-0.39, 0.29) is 11.9 Å². The molecule has 1 heterocycles. The topological polar surface area (TPSA) is 38.7 Å². The summed E-state index contributed by atoms with van der Waals surface area (Å²) < 4.78 is 0. The Morgan fingerprint density at radius 2 is 2.14 bits per heavy atom. The van der Waals surface area contributed by atoms with E-state index < -0.39 is 0 Å². The lowest BCUT2D eigenvalue weighted by atomic mass is 9.93. The summed E-state index contributed by atoms with van der Waals surface area (Å²) in [5, 5.41) is 3.96. The fourth-order valence-electron chi connectivity index (χ4n) is 2.64. The van der Waals surface area contributed by atoms with E-state index in [4.69, 9.17) is 4.84 Å². The molecule has 0 fully saturated rings. The fraction of sp³-hybridized carbons (Fsp3) is 0.474. The summed E-state index contributed by atoms with van der Waals surface area (Å²) >= 11 is 0. The van der Waals surface area contributed by atoms with Gasteiger partial charge < -0.3 is 4.84 Å². The SMILES string of the molecule is CC/C(=C\CC(C)c1ccccc1)CC1=NOC(=O)[C@H](C)C1. The molecule has 0 radical (unpaired) electrons. The van der Waals surface area contributed by atoms with Crippen LogP contribution >= 0.6 is 0 Å². The average Bonchev–Trinajstić information content (AvgIpc) is 2.55. The minimum atomic E-state index is -0.219. The van der Waals surface area contributed by atoms with Gasteiger partial charge in [0, 0.05) is 12.8 Å². The molecule has 0 aromatic heterocycles. The number of hydrogen-bond acceptors (Lipinski definition) is 3. The first-order valence-corrected chi connectivity index (χ1v) is 8.09. The van der Waals surface area contributed by atoms with Crippen LogP contribution in [0, 0.1) is 5.92 Å². The maximum Gasteiger partial charge on any atom is 0.338 e. The third kappa shape index (κ3) is 4.55. The summed E-state index contributed by atoms with van der Waals surface area (Å²) in [6, 6.07) is 10.6. The van der Waals surface area contributed by atoms with E-state index in [9.17, 15) is 4.79 Å². The Morgan fingerprint density at radius 3 is 2.77 bits per heavy atom. The number of hydrogen-bond donors (Lipinski definition) is 0. The van der Waals surface area contributed by atoms with Crippen LogP contribution < -0.4 is 0 Å². The van der Waals surface area contributed by atoms with E-state index >= 15 is 0 Å². The lowest BCUT2D eigenvalue weighted by molar-refractivity contribution is -0.149. The zero-order chi connectivity index (χ0) is 15.9. The van der Waals surface area contributed by atoms with Gasteiger partial charge in [-0.05, 0) is 24.3 Å². The second-order valence-electron chi connectivity index (χ2n) is 6.11. The minimum Gasteiger partial charge on any atom is -0.318 e. The van der Waals surface area contributed by atoms with E-state index in [1.54, 1.807) is 0 Å². The molecular weight excluding hydrogens is 274 g/mol. The molecule has 0 aliphatic carbocycles. The van der Waals surface area contributed by atoms with Crippen molar-refractivity contribution in [1.82, 2.24) is 0 Å². The van der Waals surface area contributed by atoms with Crippen LogP contribution in [0.4, 0.5) is 0 Å². The zero-order valence-corrected chi connectivity index (χ0v) is 13.7. The van der Waals surface area contributed by atoms with Gasteiger partial charge in [0.2, 0.25) is 0 Å². The fourth-order valence-corrected chi connectivity index (χ4v) is 2.64. The molecule has 3 heteroatoms. The summed E-state index contributed by atoms with van der Waals surface area (Å²) in [4.78, 5) is 16.2. The maximum atomic E-state index is 11.3. The van der Waals surface area contributed by atoms with E-state index in [0.29, 0.717) is 12.3 Å². The van der Waals surface area contributed by atoms with Crippen LogP contribution in [-0.2, 0) is 9.63 Å². The second kappa shape index (κ2) is 7.92. The van der Waals surface area contributed by atoms with Gasteiger partial charge in [-0.25, -0.2) is 4.79 Å². The Kier molecular flexibility index (Phi) is 5.93. The molecule has 1 aromatic carbocycles. The van der Waals surface area contributed by atoms with Crippen molar-refractivity contribution in [2.75, 3.05) is 0 Å². The molecular formula is C19H25NO2. The molecule has 1 unspecified atom stereocenters. The number of carbonyl (C=O) groups excluding carboxylic acids is 1. The zero-order valence-electron chi connectivity index (χ0n) is 13.7. The van der Waals surface area contributed by atoms with Crippen molar-refractivity contribution in [1.29, 1.82) is 0 Å². The molecule has 1 aromatic rings. The van der Waals surface area contributed by atoms with E-state index in [0.717, 1.165) is 25.0 Å². The van der Waals surface area contributed by atoms with Crippen molar-refractivity contribution in [2.24, 2.45) is 11.1 Å². The normalized spacial score (nSPS) is 20.3. The number of nitrogens with zero attached hydrogens (tertiary/aromatic N) is 1. The molecule has 118 valence electrons. The highest BCUT2D eigenvalue weighted by Crippen LogP contribution is 2.23. The smallest absolute Gasteiger partial charge is 0.318 e. The van der Waals surface area contributed by atoms with Crippen molar-refractivity contribution in [3.8, 4) is 0 Å². The van der Waals surface area contributed by atoms with Crippen molar-refractivity contribution < 1.29 is 9.63 Å². The highest BCUT2D eigenvalue weighted by Gasteiger charge is 2.23. The number of carbonyl (C=O) groups is 1. The minimum absolute atomic E-state index is 0.0751. The summed E-state index contributed by atoms with van der Waals surface area (Å²) in [5.41, 5.74) is 3.71. The predicted octanol–water partition coefficient (Wildman–Crippen LogP) is 4.85. The monoisotopic (exact) mass is 299 g/mol. The summed E-state index contributed by atoms with van der Waals surface area (Å²) in [6.07, 6.45) is 5.87. The van der Waals surface area contributed by atoms with Gasteiger partial charge in [-0.3, -0.25) is 0 Å². The summed E-state index contributed by atoms with van der Waals surface area (Å²) in [6.45, 7) is 6.31. The van der Waals surface area contributed by atoms with Crippen LogP contribution in [0.3, 0.4) is 0 Å². The van der Waals surface area contributed by atoms with Gasteiger partial charge in [-0.1, -0.05) is 67.9 Å². The molecule has 0 N–H and O–H groups in total. The Balaban J connectivity index is 1.95. The molecule has 0 saturated heterocycles. The molecule has 22 heavy (non-hydrogen) atoms. The average molecular weight is 299 g/mol. The second-order valence-corrected chi connectivity index (χ2v) is 6.11. The molecule has 0 saturated carbocycles. The van der Waals surface area contributed by atoms with Crippen LogP contribution in [0.5, 0.6) is 0 Å². The van der Waals surface area contributed by atoms with E-state index in [2.05, 4.69) is 49.3 Å². The Bertz CT molecular complexity index is 560. The lowest BCUT2D eigenvalue weighted by Crippen LogP contribution is -2.22. The number of rotatable bonds is 6. The first kappa shape index (κ1) is 16.5. The molecule has 1 aliphatic heterocycles. The summed E-state index contributed by atoms with van der Waals surface area (Å²) in [7, 11) is 0. The van der Waals surface area contributed by atoms with Crippen molar-refractivity contribution in [2.45, 2.75) is 52.4 Å². The van der Waals surface area contributed by atoms with Gasteiger partial charge in [0.05, 0.1) is 11.6 Å². The first-order chi connectivity index (χ1) is 10.6. The number of oxime groups is 1. The van der Waals surface area contributed by atoms with Crippen LogP contribution in [-0.4, -0.2) is 11.7 Å². The number of allylic oxidation sites excluding steroid dienone is 2. The lowest BCUT2D eigenvalue weighted by Gasteiger charge is -2.17. The van der Waals surface area contributed by atoms with Crippen LogP contribution in [0.1, 0.15) is 57.9 Å². The summed E-state index contributed by atoms with van der Waals surface area (Å²) in [5.74, 6) is 0.213. The van der Waals surface area contributed by atoms with Gasteiger partial charge in [0.15, 0.2) is 0 Å². The van der Waals surface area contributed by atoms with Crippen LogP contribution in [0.15, 0.2) is 47.1 Å². The van der Waals surface area contributed by atoms with Crippen molar-refractivity contribution >= 4 is 11.7 Å². The van der Waals surface area contributed by atoms with Crippen LogP contribution in [0.25, 0.3) is 0 Å². The van der Waals surface area contributed by atoms with Gasteiger partial charge >= 0.3 is 5.97 Å². The highest BCUT2D eigenvalue weighted by molar-refractivity contribution is 5.92. The Morgan fingerprint density at radius 1 is 1.41 bits per heavy atom. The third-order valence-corrected chi connectivity index (χ3v) is 4.22. The first-order valence-electron chi connectivity index (χ1n) is 8.09. The maximum absolute atomic E-state index is 11.3. The van der Waals surface area contributed by atoms with Crippen molar-refractivity contribution in [3.05, 3.63) is 47.5 Å². The largest absolute Gasteiger partial charge is 0.338 e. The van der Waals surface area contributed by atoms with Crippen molar-refractivity contribution in [3.63, 3.8) is 0 Å². The Labute approximate surface area is 133 Å². The van der Waals surface area contributed by atoms with E-state index in [1.165, 1.54) is 11.1 Å². The highest BCUT2D eigenvalue weighted by atomic mass is 16.7. The van der Waals surface area contributed by atoms with Gasteiger partial charge in [0.1, 0.15) is 0 Å². The molecule has 0 bridgehead atoms. The van der Waals surface area contributed by atoms with Gasteiger partial charge in [-0.15, -0.1) is 0 Å². The molecule has 1 aliphatic rings. The predicted molar refractivity (Wildman–Crippen MR) is 89.8 cm³/mol. The standard InChI is InChI=1S/C19H25NO2/c1-4-16(13-18-12-15(3)19(21)22-20-18)11-10-14(2)17-8-6-5-7-9-17/h5-9,11,14-15H,4,10,12-13H2,1-3H3/b16-11+/t14?,15-/m1/s1. The van der Waals surface area contributed by atoms with Gasteiger partial charge in [0.25, 0.3) is 0 Å². The molecule has 0 spiro atoms. The van der Waals surface area contributed by atoms with Crippen LogP contribution in [0.2, 0.25) is 0 Å². The quantitative estimate of drug-likeness (QED) is 0.556. The molecule has 0 amide bonds. The molecule has 2 rings (SSSR count). The molecule has 3 nitrogen and oxygen atoms in total. The third-order valence-electron chi connectivity index (χ3n) is 4.22. The number of benzene rings is 1. The van der Waals surface area contributed by atoms with Gasteiger partial charge in [-0.2, -0.15) is 0 Å². The Hall–Kier alpha value is -1.90. The molecule has 2 atom stereocenters.